The normalized spacial score (nSPS) is 10.8. The number of nitrogens with zero attached hydrogens (tertiary/aromatic N) is 2. The van der Waals surface area contributed by atoms with E-state index in [1.807, 2.05) is 72.8 Å². The maximum absolute atomic E-state index is 13.2. The summed E-state index contributed by atoms with van der Waals surface area (Å²) in [6, 6.07) is 22.5. The topological polar surface area (TPSA) is 62.6 Å². The van der Waals surface area contributed by atoms with Crippen LogP contribution in [-0.4, -0.2) is 30.4 Å². The van der Waals surface area contributed by atoms with Crippen molar-refractivity contribution in [3.05, 3.63) is 83.2 Å². The van der Waals surface area contributed by atoms with E-state index in [1.54, 1.807) is 18.8 Å². The van der Waals surface area contributed by atoms with E-state index >= 15 is 0 Å². The zero-order chi connectivity index (χ0) is 21.6. The van der Waals surface area contributed by atoms with E-state index < -0.39 is 0 Å². The second kappa shape index (κ2) is 9.34. The molecule has 3 aromatic carbocycles. The molecule has 0 radical (unpaired) electrons. The van der Waals surface area contributed by atoms with Crippen LogP contribution in [0.3, 0.4) is 0 Å². The van der Waals surface area contributed by atoms with Crippen LogP contribution in [0.25, 0.3) is 22.3 Å². The molecule has 1 heterocycles. The van der Waals surface area contributed by atoms with Crippen molar-refractivity contribution in [1.82, 2.24) is 9.55 Å². The number of methoxy groups -OCH3 is 2. The minimum Gasteiger partial charge on any atom is -0.497 e. The maximum atomic E-state index is 13.2. The van der Waals surface area contributed by atoms with Crippen LogP contribution in [-0.2, 0) is 6.54 Å². The van der Waals surface area contributed by atoms with Crippen LogP contribution in [0.2, 0.25) is 0 Å². The highest BCUT2D eigenvalue weighted by molar-refractivity contribution is 5.79. The number of ether oxygens (including phenoxy) is 3. The molecular weight excluding hydrogens is 392 g/mol. The van der Waals surface area contributed by atoms with E-state index in [9.17, 15) is 4.79 Å². The summed E-state index contributed by atoms with van der Waals surface area (Å²) in [4.78, 5) is 18.0. The first-order chi connectivity index (χ1) is 15.2. The molecule has 0 atom stereocenters. The second-order valence-corrected chi connectivity index (χ2v) is 6.99. The number of rotatable bonds is 8. The van der Waals surface area contributed by atoms with E-state index in [1.165, 1.54) is 0 Å². The Hall–Kier alpha value is -3.80. The van der Waals surface area contributed by atoms with Gasteiger partial charge < -0.3 is 14.2 Å². The number of hydrogen-bond donors (Lipinski definition) is 0. The smallest absolute Gasteiger partial charge is 0.261 e. The van der Waals surface area contributed by atoms with Crippen LogP contribution in [0, 0.1) is 0 Å². The first-order valence-electron chi connectivity index (χ1n) is 10.1. The van der Waals surface area contributed by atoms with Gasteiger partial charge in [0, 0.05) is 12.1 Å². The summed E-state index contributed by atoms with van der Waals surface area (Å²) in [6.45, 7) is 0.925. The standard InChI is InChI=1S/C25H24N2O4/c1-29-19-14-12-18(13-15-19)24-26-21-9-4-3-8-20(21)25(28)27(24)16-7-17-31-23-11-6-5-10-22(23)30-2/h3-6,8-15H,7,16-17H2,1-2H3. The molecule has 0 aliphatic rings. The van der Waals surface area contributed by atoms with Crippen LogP contribution >= 0.6 is 0 Å². The Labute approximate surface area is 180 Å². The first-order valence-corrected chi connectivity index (χ1v) is 10.1. The van der Waals surface area contributed by atoms with Gasteiger partial charge >= 0.3 is 0 Å². The molecule has 0 fully saturated rings. The van der Waals surface area contributed by atoms with Crippen molar-refractivity contribution in [3.63, 3.8) is 0 Å². The summed E-state index contributed by atoms with van der Waals surface area (Å²) in [5, 5.41) is 0.602. The number of hydrogen-bond acceptors (Lipinski definition) is 5. The van der Waals surface area contributed by atoms with Crippen LogP contribution < -0.4 is 19.8 Å². The molecule has 0 amide bonds. The third-order valence-electron chi connectivity index (χ3n) is 5.06. The van der Waals surface area contributed by atoms with Gasteiger partial charge in [-0.3, -0.25) is 9.36 Å². The first kappa shape index (κ1) is 20.5. The molecular formula is C25H24N2O4. The largest absolute Gasteiger partial charge is 0.497 e. The molecule has 0 unspecified atom stereocenters. The summed E-state index contributed by atoms with van der Waals surface area (Å²) in [6.07, 6.45) is 0.640. The lowest BCUT2D eigenvalue weighted by Crippen LogP contribution is -2.24. The van der Waals surface area contributed by atoms with E-state index in [4.69, 9.17) is 19.2 Å². The molecule has 0 aliphatic carbocycles. The molecule has 31 heavy (non-hydrogen) atoms. The molecule has 158 valence electrons. The van der Waals surface area contributed by atoms with Gasteiger partial charge in [0.15, 0.2) is 11.5 Å². The van der Waals surface area contributed by atoms with Crippen molar-refractivity contribution in [2.75, 3.05) is 20.8 Å². The summed E-state index contributed by atoms with van der Waals surface area (Å²) < 4.78 is 18.2. The molecule has 0 saturated carbocycles. The van der Waals surface area contributed by atoms with Gasteiger partial charge in [-0.25, -0.2) is 4.98 Å². The lowest BCUT2D eigenvalue weighted by atomic mass is 10.1. The van der Waals surface area contributed by atoms with E-state index in [0.717, 1.165) is 11.3 Å². The van der Waals surface area contributed by atoms with Gasteiger partial charge in [-0.15, -0.1) is 0 Å². The Bertz CT molecular complexity index is 1230. The predicted molar refractivity (Wildman–Crippen MR) is 121 cm³/mol. The van der Waals surface area contributed by atoms with Gasteiger partial charge in [-0.2, -0.15) is 0 Å². The lowest BCUT2D eigenvalue weighted by molar-refractivity contribution is 0.282. The van der Waals surface area contributed by atoms with Crippen molar-refractivity contribution >= 4 is 10.9 Å². The van der Waals surface area contributed by atoms with Crippen LogP contribution in [0.1, 0.15) is 6.42 Å². The molecule has 6 heteroatoms. The van der Waals surface area contributed by atoms with Crippen molar-refractivity contribution < 1.29 is 14.2 Å². The third-order valence-corrected chi connectivity index (χ3v) is 5.06. The summed E-state index contributed by atoms with van der Waals surface area (Å²) in [5.41, 5.74) is 1.47. The number of fused-ring (bicyclic) bond motifs is 1. The predicted octanol–water partition coefficient (Wildman–Crippen LogP) is 4.55. The molecule has 4 rings (SSSR count). The Morgan fingerprint density at radius 3 is 2.29 bits per heavy atom. The van der Waals surface area contributed by atoms with Crippen LogP contribution in [0.15, 0.2) is 77.6 Å². The molecule has 0 N–H and O–H groups in total. The van der Waals surface area contributed by atoms with Gasteiger partial charge in [-0.05, 0) is 55.0 Å². The Balaban J connectivity index is 1.62. The number of aromatic nitrogens is 2. The van der Waals surface area contributed by atoms with Crippen molar-refractivity contribution in [2.45, 2.75) is 13.0 Å². The molecule has 1 aromatic heterocycles. The molecule has 0 bridgehead atoms. The molecule has 4 aromatic rings. The average Bonchev–Trinajstić information content (AvgIpc) is 2.83. The van der Waals surface area contributed by atoms with Crippen LogP contribution in [0.4, 0.5) is 0 Å². The quantitative estimate of drug-likeness (QED) is 0.394. The minimum absolute atomic E-state index is 0.0614. The van der Waals surface area contributed by atoms with Gasteiger partial charge in [0.05, 0.1) is 31.7 Å². The van der Waals surface area contributed by atoms with Gasteiger partial charge in [0.2, 0.25) is 0 Å². The van der Waals surface area contributed by atoms with Gasteiger partial charge in [0.25, 0.3) is 5.56 Å². The molecule has 0 spiro atoms. The summed E-state index contributed by atoms with van der Waals surface area (Å²) in [7, 11) is 3.24. The highest BCUT2D eigenvalue weighted by Gasteiger charge is 2.13. The highest BCUT2D eigenvalue weighted by Crippen LogP contribution is 2.26. The van der Waals surface area contributed by atoms with Crippen molar-refractivity contribution in [2.24, 2.45) is 0 Å². The Morgan fingerprint density at radius 1 is 0.839 bits per heavy atom. The fourth-order valence-electron chi connectivity index (χ4n) is 3.48. The number of para-hydroxylation sites is 3. The van der Waals surface area contributed by atoms with Crippen molar-refractivity contribution in [1.29, 1.82) is 0 Å². The van der Waals surface area contributed by atoms with Gasteiger partial charge in [0.1, 0.15) is 11.6 Å². The summed E-state index contributed by atoms with van der Waals surface area (Å²) in [5.74, 6) is 2.75. The SMILES string of the molecule is COc1ccc(-c2nc3ccccc3c(=O)n2CCCOc2ccccc2OC)cc1. The van der Waals surface area contributed by atoms with Gasteiger partial charge in [-0.1, -0.05) is 24.3 Å². The molecule has 0 aliphatic heterocycles. The lowest BCUT2D eigenvalue weighted by Gasteiger charge is -2.15. The average molecular weight is 416 g/mol. The fraction of sp³-hybridized carbons (Fsp3) is 0.200. The Morgan fingerprint density at radius 2 is 1.55 bits per heavy atom. The summed E-state index contributed by atoms with van der Waals surface area (Å²) >= 11 is 0. The zero-order valence-corrected chi connectivity index (χ0v) is 17.6. The maximum Gasteiger partial charge on any atom is 0.261 e. The minimum atomic E-state index is -0.0614. The van der Waals surface area contributed by atoms with E-state index in [-0.39, 0.29) is 5.56 Å². The molecule has 6 nitrogen and oxygen atoms in total. The monoisotopic (exact) mass is 416 g/mol. The fourth-order valence-corrected chi connectivity index (χ4v) is 3.48. The van der Waals surface area contributed by atoms with Crippen molar-refractivity contribution in [3.8, 4) is 28.6 Å². The third kappa shape index (κ3) is 4.38. The Kier molecular flexibility index (Phi) is 6.17. The molecule has 0 saturated heterocycles. The zero-order valence-electron chi connectivity index (χ0n) is 17.6. The van der Waals surface area contributed by atoms with E-state index in [2.05, 4.69) is 0 Å². The number of benzene rings is 3. The highest BCUT2D eigenvalue weighted by atomic mass is 16.5. The van der Waals surface area contributed by atoms with Crippen LogP contribution in [0.5, 0.6) is 17.2 Å². The second-order valence-electron chi connectivity index (χ2n) is 6.99. The van der Waals surface area contributed by atoms with E-state index in [0.29, 0.717) is 47.8 Å².